The predicted molar refractivity (Wildman–Crippen MR) is 532 cm³/mol. The fraction of sp³-hybridized carbons (Fsp3) is 0.160. The zero-order valence-electron chi connectivity index (χ0n) is 76.0. The molecule has 127 heavy (non-hydrogen) atoms. The summed E-state index contributed by atoms with van der Waals surface area (Å²) in [5.41, 5.74) is 28.2. The minimum atomic E-state index is -0.640. The molecule has 0 unspecified atom stereocenters. The molecule has 8 heterocycles. The van der Waals surface area contributed by atoms with Gasteiger partial charge in [0.25, 0.3) is 0 Å². The first-order valence-corrected chi connectivity index (χ1v) is 44.4. The van der Waals surface area contributed by atoms with Crippen molar-refractivity contribution in [2.24, 2.45) is 28.2 Å². The van der Waals surface area contributed by atoms with Crippen molar-refractivity contribution in [3.8, 4) is 45.0 Å². The third-order valence-electron chi connectivity index (χ3n) is 27.2. The lowest BCUT2D eigenvalue weighted by Gasteiger charge is -2.12. The molecule has 618 valence electrons. The van der Waals surface area contributed by atoms with Gasteiger partial charge in [-0.2, -0.15) is 0 Å². The van der Waals surface area contributed by atoms with Crippen LogP contribution in [0, 0.1) is 41.5 Å². The number of aromatic nitrogens is 4. The molecule has 8 aromatic heterocycles. The maximum atomic E-state index is 8.49. The minimum Gasteiger partial charge on any atom is -0.455 e. The van der Waals surface area contributed by atoms with Crippen LogP contribution in [0.5, 0.6) is 0 Å². The molecule has 0 bridgehead atoms. The molecule has 0 spiro atoms. The molecule has 24 aromatic rings. The smallest absolute Gasteiger partial charge is 0.224 e. The summed E-state index contributed by atoms with van der Waals surface area (Å²) in [6.07, 6.45) is 8.59. The highest BCUT2D eigenvalue weighted by Gasteiger charge is 2.31. The number of hydrogen-bond donors (Lipinski definition) is 0. The third kappa shape index (κ3) is 13.2. The molecule has 8 nitrogen and oxygen atoms in total. The normalized spacial score (nSPS) is 12.2. The van der Waals surface area contributed by atoms with Crippen LogP contribution >= 0.6 is 0 Å². The van der Waals surface area contributed by atoms with E-state index in [0.29, 0.717) is 11.8 Å². The number of furan rings is 4. The summed E-state index contributed by atoms with van der Waals surface area (Å²) in [5, 5.41) is 29.2. The van der Waals surface area contributed by atoms with Crippen LogP contribution in [-0.2, 0) is 28.2 Å². The van der Waals surface area contributed by atoms with Gasteiger partial charge in [-0.15, -0.1) is 0 Å². The molecule has 16 aromatic carbocycles. The number of fused-ring (bicyclic) bond motifs is 24. The van der Waals surface area contributed by atoms with Crippen LogP contribution in [0.2, 0.25) is 0 Å². The minimum absolute atomic E-state index is 0.503. The van der Waals surface area contributed by atoms with E-state index < -0.39 is 5.89 Å². The van der Waals surface area contributed by atoms with E-state index in [-0.39, 0.29) is 0 Å². The molecule has 0 radical (unpaired) electrons. The Kier molecular flexibility index (Phi) is 19.3. The fourth-order valence-electron chi connectivity index (χ4n) is 20.1. The van der Waals surface area contributed by atoms with Gasteiger partial charge in [0.15, 0.2) is 24.8 Å². The van der Waals surface area contributed by atoms with Crippen molar-refractivity contribution in [3.05, 3.63) is 360 Å². The predicted octanol–water partition coefficient (Wildman–Crippen LogP) is 30.8. The zero-order chi connectivity index (χ0) is 88.1. The summed E-state index contributed by atoms with van der Waals surface area (Å²) in [7, 11) is 8.47. The lowest BCUT2D eigenvalue weighted by molar-refractivity contribution is -0.659. The van der Waals surface area contributed by atoms with Gasteiger partial charge >= 0.3 is 0 Å². The first-order valence-electron chi connectivity index (χ1n) is 44.9. The van der Waals surface area contributed by atoms with Crippen molar-refractivity contribution in [2.45, 2.75) is 101 Å². The SMILES string of the molecule is Cc1cc2c(oc3ccc4ccccc4c32)c(-c2c3ccc(C(C)C)cc3cc[n+]2C)c1C.Cc1ccc2c(oc3ccc4ccccc4c32)c1-c1c2ccc(C(C)C)cc2cc[n+]1C.Cc1ccc2c(oc3ccc4ccccc4c32)c1-c1c2ccccc2cc[n+]1C.[2H]C(C)(C)c1ccc2c(-c3c(C)c(C)cc4c3oc3ccc5ccccc5c34)[n+](C)ccc2c1. The highest BCUT2D eigenvalue weighted by molar-refractivity contribution is 6.26. The van der Waals surface area contributed by atoms with Gasteiger partial charge < -0.3 is 17.7 Å². The van der Waals surface area contributed by atoms with Gasteiger partial charge in [-0.05, 0) is 235 Å². The highest BCUT2D eigenvalue weighted by atomic mass is 16.3. The largest absolute Gasteiger partial charge is 0.455 e. The monoisotopic (exact) mass is 1650 g/mol. The first kappa shape index (κ1) is 78.4. The Morgan fingerprint density at radius 1 is 0.228 bits per heavy atom. The molecule has 8 heteroatoms. The van der Waals surface area contributed by atoms with E-state index in [1.807, 2.05) is 13.8 Å². The molecule has 0 saturated carbocycles. The van der Waals surface area contributed by atoms with E-state index >= 15 is 0 Å². The van der Waals surface area contributed by atoms with E-state index in [4.69, 9.17) is 19.0 Å². The number of rotatable bonds is 7. The van der Waals surface area contributed by atoms with Gasteiger partial charge in [-0.3, -0.25) is 0 Å². The van der Waals surface area contributed by atoms with Crippen LogP contribution in [0.4, 0.5) is 0 Å². The Hall–Kier alpha value is -14.6. The Morgan fingerprint density at radius 2 is 0.488 bits per heavy atom. The van der Waals surface area contributed by atoms with Crippen LogP contribution in [0.1, 0.15) is 111 Å². The highest BCUT2D eigenvalue weighted by Crippen LogP contribution is 2.49. The van der Waals surface area contributed by atoms with Crippen LogP contribution in [0.3, 0.4) is 0 Å². The standard InChI is InChI=1S/2C31H28NO.C30H26NO.C27H20NO/c2*1-18(2)22-10-12-25-23(17-22)14-15-32(5)30(25)28-20(4)19(3)16-26-29-24-9-7-6-8-21(24)11-13-27(29)33-31(26)28;1-18(2)21-10-13-24-22(17-21)15-16-31(4)29(24)27-19(3)9-12-25-28-23-8-6-5-7-20(23)11-14-26(28)32-30(25)27;1-17-11-13-22-25-20-9-5-3-7-18(20)12-14-23(25)29-27(22)24(17)26-21-10-6-4-8-19(21)15-16-28(26)2/h2*6-18H,1-5H3;5-18H,1-4H3;3-16H,1-2H3/q4*+1/i18D;;;. The summed E-state index contributed by atoms with van der Waals surface area (Å²) in [5.74, 6) is 0.368. The van der Waals surface area contributed by atoms with Crippen molar-refractivity contribution in [3.63, 3.8) is 0 Å². The summed E-state index contributed by atoms with van der Waals surface area (Å²) < 4.78 is 43.7. The van der Waals surface area contributed by atoms with Gasteiger partial charge in [0.05, 0.1) is 43.8 Å². The topological polar surface area (TPSA) is 68.1 Å². The van der Waals surface area contributed by atoms with E-state index in [9.17, 15) is 0 Å². The number of pyridine rings is 4. The fourth-order valence-corrected chi connectivity index (χ4v) is 20.1. The maximum Gasteiger partial charge on any atom is 0.224 e. The van der Waals surface area contributed by atoms with Gasteiger partial charge in [0, 0.05) is 68.7 Å². The zero-order valence-corrected chi connectivity index (χ0v) is 75.0. The molecule has 0 aliphatic heterocycles. The summed E-state index contributed by atoms with van der Waals surface area (Å²) in [6.45, 7) is 26.0. The molecule has 0 N–H and O–H groups in total. The second-order valence-corrected chi connectivity index (χ2v) is 35.9. The number of hydrogen-bond acceptors (Lipinski definition) is 4. The average molecular weight is 1650 g/mol. The lowest BCUT2D eigenvalue weighted by atomic mass is 9.92. The number of benzene rings is 16. The van der Waals surface area contributed by atoms with E-state index in [1.54, 1.807) is 0 Å². The lowest BCUT2D eigenvalue weighted by Crippen LogP contribution is -2.31. The Morgan fingerprint density at radius 3 is 0.819 bits per heavy atom. The van der Waals surface area contributed by atoms with E-state index in [2.05, 4.69) is 426 Å². The molecule has 0 amide bonds. The van der Waals surface area contributed by atoms with Crippen LogP contribution in [-0.4, -0.2) is 0 Å². The molecule has 24 rings (SSSR count). The number of nitrogens with zero attached hydrogens (tertiary/aromatic N) is 4. The second kappa shape index (κ2) is 31.3. The van der Waals surface area contributed by atoms with Crippen LogP contribution in [0.25, 0.3) is 219 Å². The van der Waals surface area contributed by atoms with Crippen molar-refractivity contribution < 1.29 is 37.3 Å². The van der Waals surface area contributed by atoms with Crippen molar-refractivity contribution in [1.29, 1.82) is 0 Å². The second-order valence-electron chi connectivity index (χ2n) is 35.9. The summed E-state index contributed by atoms with van der Waals surface area (Å²) in [4.78, 5) is 0. The quantitative estimate of drug-likeness (QED) is 0.149. The van der Waals surface area contributed by atoms with Crippen molar-refractivity contribution >= 4 is 174 Å². The third-order valence-corrected chi connectivity index (χ3v) is 27.2. The van der Waals surface area contributed by atoms with Gasteiger partial charge in [-0.25, -0.2) is 18.3 Å². The molecular weight excluding hydrogens is 1550 g/mol. The van der Waals surface area contributed by atoms with Gasteiger partial charge in [-0.1, -0.05) is 242 Å². The summed E-state index contributed by atoms with van der Waals surface area (Å²) >= 11 is 0. The van der Waals surface area contributed by atoms with Gasteiger partial charge in [0.2, 0.25) is 22.8 Å². The van der Waals surface area contributed by atoms with E-state index in [0.717, 1.165) is 72.3 Å². The Balaban J connectivity index is 0.000000104. The van der Waals surface area contributed by atoms with Crippen LogP contribution < -0.4 is 18.3 Å². The molecule has 0 aliphatic rings. The Labute approximate surface area is 740 Å². The molecule has 0 fully saturated rings. The average Bonchev–Trinajstić information content (AvgIpc) is 1.53. The molecule has 0 atom stereocenters. The summed E-state index contributed by atoms with van der Waals surface area (Å²) in [6, 6.07) is 102. The van der Waals surface area contributed by atoms with Gasteiger partial charge in [0.1, 0.15) is 72.9 Å². The Bertz CT molecular complexity index is 8770. The van der Waals surface area contributed by atoms with Crippen LogP contribution in [0.15, 0.2) is 328 Å². The first-order chi connectivity index (χ1) is 61.9. The molecule has 0 saturated heterocycles. The molecule has 0 aliphatic carbocycles. The van der Waals surface area contributed by atoms with Crippen molar-refractivity contribution in [2.75, 3.05) is 0 Å². The molecular formula is C119H102N4O4+4. The maximum absolute atomic E-state index is 8.49. The number of aryl methyl sites for hydroxylation is 8. The van der Waals surface area contributed by atoms with E-state index in [1.165, 1.54) is 197 Å². The van der Waals surface area contributed by atoms with Crippen molar-refractivity contribution in [1.82, 2.24) is 0 Å².